The average Bonchev–Trinajstić information content (AvgIpc) is 2.84. The standard InChI is InChI=1S/C22H30O3/c1-14-12-15-13-16(24)4-5-17(15)18-6-9-21(2)19(20(14)18)7-10-22(21,25)8-3-11-23/h13-14,17-20,23,25H,4-7,9-12H2,1-2H3/t14-,17?,18?,19?,20?,21+,22+/m1/s1. The zero-order chi connectivity index (χ0) is 17.8. The van der Waals surface area contributed by atoms with E-state index in [1.807, 2.05) is 6.08 Å². The summed E-state index contributed by atoms with van der Waals surface area (Å²) in [5.41, 5.74) is 0.280. The fourth-order valence-electron chi connectivity index (χ4n) is 7.00. The van der Waals surface area contributed by atoms with Crippen LogP contribution in [0.5, 0.6) is 0 Å². The molecule has 0 aromatic rings. The number of hydrogen-bond acceptors (Lipinski definition) is 3. The Hall–Kier alpha value is -1.11. The Bertz CT molecular complexity index is 668. The summed E-state index contributed by atoms with van der Waals surface area (Å²) in [5, 5.41) is 20.4. The first-order chi connectivity index (χ1) is 11.9. The predicted octanol–water partition coefficient (Wildman–Crippen LogP) is 3.10. The SMILES string of the molecule is C[C@@H]1CC2=CC(=O)CCC2C2CC[C@@]3(C)C(CC[C@@]3(O)C#CCO)C21. The molecular formula is C22H30O3. The number of aliphatic hydroxyl groups is 2. The molecule has 0 aromatic heterocycles. The van der Waals surface area contributed by atoms with Gasteiger partial charge in [0.15, 0.2) is 5.78 Å². The molecule has 4 aliphatic rings. The van der Waals surface area contributed by atoms with Gasteiger partial charge in [0.2, 0.25) is 0 Å². The van der Waals surface area contributed by atoms with E-state index in [1.165, 1.54) is 5.57 Å². The van der Waals surface area contributed by atoms with Gasteiger partial charge in [-0.1, -0.05) is 31.3 Å². The first kappa shape index (κ1) is 17.3. The Morgan fingerprint density at radius 2 is 2.08 bits per heavy atom. The van der Waals surface area contributed by atoms with Gasteiger partial charge in [0, 0.05) is 11.8 Å². The lowest BCUT2D eigenvalue weighted by molar-refractivity contribution is -0.117. The molecule has 4 unspecified atom stereocenters. The fraction of sp³-hybridized carbons (Fsp3) is 0.773. The van der Waals surface area contributed by atoms with Crippen LogP contribution in [0.1, 0.15) is 58.8 Å². The molecule has 3 nitrogen and oxygen atoms in total. The molecule has 0 saturated heterocycles. The first-order valence-corrected chi connectivity index (χ1v) is 9.96. The highest BCUT2D eigenvalue weighted by Gasteiger charge is 2.63. The van der Waals surface area contributed by atoms with Gasteiger partial charge < -0.3 is 10.2 Å². The molecule has 136 valence electrons. The average molecular weight is 342 g/mol. The van der Waals surface area contributed by atoms with Crippen molar-refractivity contribution in [3.05, 3.63) is 11.6 Å². The molecule has 25 heavy (non-hydrogen) atoms. The Balaban J connectivity index is 1.67. The van der Waals surface area contributed by atoms with Gasteiger partial charge in [-0.2, -0.15) is 0 Å². The predicted molar refractivity (Wildman–Crippen MR) is 96.5 cm³/mol. The van der Waals surface area contributed by atoms with Gasteiger partial charge in [-0.15, -0.1) is 0 Å². The molecule has 3 heteroatoms. The molecule has 4 rings (SSSR count). The molecule has 0 aromatic carbocycles. The van der Waals surface area contributed by atoms with Gasteiger partial charge >= 0.3 is 0 Å². The molecule has 3 saturated carbocycles. The zero-order valence-corrected chi connectivity index (χ0v) is 15.4. The van der Waals surface area contributed by atoms with Gasteiger partial charge in [-0.05, 0) is 74.2 Å². The highest BCUT2D eigenvalue weighted by Crippen LogP contribution is 2.65. The number of fused-ring (bicyclic) bond motifs is 5. The fourth-order valence-corrected chi connectivity index (χ4v) is 7.00. The van der Waals surface area contributed by atoms with E-state index >= 15 is 0 Å². The molecular weight excluding hydrogens is 312 g/mol. The summed E-state index contributed by atoms with van der Waals surface area (Å²) in [6.45, 7) is 4.39. The van der Waals surface area contributed by atoms with Gasteiger partial charge in [0.05, 0.1) is 0 Å². The summed E-state index contributed by atoms with van der Waals surface area (Å²) < 4.78 is 0. The molecule has 3 fully saturated rings. The largest absolute Gasteiger partial charge is 0.384 e. The van der Waals surface area contributed by atoms with E-state index < -0.39 is 5.60 Å². The molecule has 7 atom stereocenters. The van der Waals surface area contributed by atoms with Crippen LogP contribution in [0.2, 0.25) is 0 Å². The summed E-state index contributed by atoms with van der Waals surface area (Å²) >= 11 is 0. The van der Waals surface area contributed by atoms with E-state index in [1.54, 1.807) is 0 Å². The Morgan fingerprint density at radius 3 is 2.84 bits per heavy atom. The summed E-state index contributed by atoms with van der Waals surface area (Å²) in [4.78, 5) is 11.9. The number of allylic oxidation sites excluding steroid dienone is 1. The van der Waals surface area contributed by atoms with Gasteiger partial charge in [-0.25, -0.2) is 0 Å². The van der Waals surface area contributed by atoms with Crippen molar-refractivity contribution in [2.75, 3.05) is 6.61 Å². The van der Waals surface area contributed by atoms with Crippen molar-refractivity contribution in [3.63, 3.8) is 0 Å². The van der Waals surface area contributed by atoms with Crippen LogP contribution in [0, 0.1) is 46.8 Å². The maximum atomic E-state index is 11.9. The lowest BCUT2D eigenvalue weighted by atomic mass is 9.48. The van der Waals surface area contributed by atoms with E-state index in [0.29, 0.717) is 41.8 Å². The van der Waals surface area contributed by atoms with Gasteiger partial charge in [-0.3, -0.25) is 4.79 Å². The summed E-state index contributed by atoms with van der Waals surface area (Å²) in [6, 6.07) is 0. The third kappa shape index (κ3) is 2.45. The molecule has 2 N–H and O–H groups in total. The minimum absolute atomic E-state index is 0.170. The summed E-state index contributed by atoms with van der Waals surface area (Å²) in [7, 11) is 0. The molecule has 0 spiro atoms. The molecule has 4 aliphatic carbocycles. The van der Waals surface area contributed by atoms with Crippen LogP contribution in [0.15, 0.2) is 11.6 Å². The third-order valence-electron chi connectivity index (χ3n) is 8.17. The normalized spacial score (nSPS) is 48.6. The second-order valence-electron chi connectivity index (χ2n) is 9.17. The number of aliphatic hydroxyl groups excluding tert-OH is 1. The van der Waals surface area contributed by atoms with Crippen LogP contribution >= 0.6 is 0 Å². The number of carbonyl (C=O) groups excluding carboxylic acids is 1. The van der Waals surface area contributed by atoms with Gasteiger partial charge in [0.25, 0.3) is 0 Å². The van der Waals surface area contributed by atoms with E-state index in [9.17, 15) is 9.90 Å². The highest BCUT2D eigenvalue weighted by molar-refractivity contribution is 5.91. The lowest BCUT2D eigenvalue weighted by Crippen LogP contribution is -2.54. The van der Waals surface area contributed by atoms with Crippen molar-refractivity contribution in [2.45, 2.75) is 64.4 Å². The molecule has 0 aliphatic heterocycles. The van der Waals surface area contributed by atoms with Gasteiger partial charge in [0.1, 0.15) is 12.2 Å². The Labute approximate surface area is 150 Å². The first-order valence-electron chi connectivity index (χ1n) is 9.96. The summed E-state index contributed by atoms with van der Waals surface area (Å²) in [5.74, 6) is 9.00. The van der Waals surface area contributed by atoms with Crippen LogP contribution in [0.3, 0.4) is 0 Å². The van der Waals surface area contributed by atoms with Crippen molar-refractivity contribution < 1.29 is 15.0 Å². The minimum atomic E-state index is -0.955. The van der Waals surface area contributed by atoms with E-state index in [2.05, 4.69) is 25.7 Å². The number of ketones is 1. The zero-order valence-electron chi connectivity index (χ0n) is 15.4. The molecule has 0 bridgehead atoms. The third-order valence-corrected chi connectivity index (χ3v) is 8.17. The van der Waals surface area contributed by atoms with Crippen LogP contribution in [0.4, 0.5) is 0 Å². The summed E-state index contributed by atoms with van der Waals surface area (Å²) in [6.07, 6.45) is 8.61. The molecule has 0 amide bonds. The number of rotatable bonds is 0. The van der Waals surface area contributed by atoms with Crippen molar-refractivity contribution >= 4 is 5.78 Å². The van der Waals surface area contributed by atoms with E-state index in [-0.39, 0.29) is 12.0 Å². The van der Waals surface area contributed by atoms with Crippen LogP contribution in [0.25, 0.3) is 0 Å². The highest BCUT2D eigenvalue weighted by atomic mass is 16.3. The maximum Gasteiger partial charge on any atom is 0.155 e. The quantitative estimate of drug-likeness (QED) is 0.665. The number of hydrogen-bond donors (Lipinski definition) is 2. The lowest BCUT2D eigenvalue weighted by Gasteiger charge is -2.56. The number of carbonyl (C=O) groups is 1. The maximum absolute atomic E-state index is 11.9. The van der Waals surface area contributed by atoms with Crippen molar-refractivity contribution in [2.24, 2.45) is 35.0 Å². The van der Waals surface area contributed by atoms with E-state index in [0.717, 1.165) is 38.5 Å². The second kappa shape index (κ2) is 5.96. The van der Waals surface area contributed by atoms with Crippen LogP contribution in [-0.2, 0) is 4.79 Å². The van der Waals surface area contributed by atoms with Crippen LogP contribution < -0.4 is 0 Å². The second-order valence-corrected chi connectivity index (χ2v) is 9.17. The van der Waals surface area contributed by atoms with Crippen molar-refractivity contribution in [3.8, 4) is 11.8 Å². The topological polar surface area (TPSA) is 57.5 Å². The smallest absolute Gasteiger partial charge is 0.155 e. The molecule has 0 radical (unpaired) electrons. The Morgan fingerprint density at radius 1 is 1.28 bits per heavy atom. The van der Waals surface area contributed by atoms with Crippen molar-refractivity contribution in [1.29, 1.82) is 0 Å². The molecule has 0 heterocycles. The minimum Gasteiger partial charge on any atom is -0.384 e. The van der Waals surface area contributed by atoms with E-state index in [4.69, 9.17) is 5.11 Å². The van der Waals surface area contributed by atoms with Crippen molar-refractivity contribution in [1.82, 2.24) is 0 Å². The Kier molecular flexibility index (Phi) is 4.13. The van der Waals surface area contributed by atoms with Crippen LogP contribution in [-0.4, -0.2) is 28.2 Å². The monoisotopic (exact) mass is 342 g/mol.